The molecule has 0 spiro atoms. The molecular weight excluding hydrogens is 324 g/mol. The predicted molar refractivity (Wildman–Crippen MR) is 92.7 cm³/mol. The number of imidazole rings is 1. The maximum Gasteiger partial charge on any atom is 0.249 e. The molecule has 1 aliphatic carbocycles. The van der Waals surface area contributed by atoms with Gasteiger partial charge in [0.25, 0.3) is 0 Å². The smallest absolute Gasteiger partial charge is 0.249 e. The lowest BCUT2D eigenvalue weighted by Gasteiger charge is -2.30. The summed E-state index contributed by atoms with van der Waals surface area (Å²) < 4.78 is 25.8. The first-order chi connectivity index (χ1) is 11.5. The summed E-state index contributed by atoms with van der Waals surface area (Å²) in [6.07, 6.45) is 0.115. The van der Waals surface area contributed by atoms with Gasteiger partial charge < -0.3 is 9.36 Å². The van der Waals surface area contributed by atoms with Gasteiger partial charge in [0, 0.05) is 24.3 Å². The summed E-state index contributed by atoms with van der Waals surface area (Å²) in [5, 5.41) is 9.10. The molecule has 0 atom stereocenters. The monoisotopic (exact) mass is 347 g/mol. The predicted octanol–water partition coefficient (Wildman–Crippen LogP) is 4.51. The number of rotatable bonds is 1. The van der Waals surface area contributed by atoms with E-state index in [1.165, 1.54) is 0 Å². The molecule has 2 aromatic rings. The molecule has 1 heterocycles. The van der Waals surface area contributed by atoms with Crippen LogP contribution in [-0.2, 0) is 10.3 Å². The summed E-state index contributed by atoms with van der Waals surface area (Å²) in [6, 6.07) is 6.16. The van der Waals surface area contributed by atoms with E-state index in [4.69, 9.17) is 5.26 Å². The van der Waals surface area contributed by atoms with Crippen molar-refractivity contribution in [1.29, 1.82) is 5.26 Å². The normalized spacial score (nSPS) is 16.6. The highest BCUT2D eigenvalue weighted by molar-refractivity contribution is 5.79. The fourth-order valence-corrected chi connectivity index (χ4v) is 3.12. The highest BCUT2D eigenvalue weighted by Gasteiger charge is 2.44. The number of aldehydes is 1. The number of fused-ring (bicyclic) bond motifs is 1. The number of hydrogen-bond donors (Lipinski definition) is 0. The van der Waals surface area contributed by atoms with Crippen LogP contribution in [0.4, 0.5) is 8.78 Å². The van der Waals surface area contributed by atoms with E-state index in [9.17, 15) is 13.6 Å². The Bertz CT molecular complexity index is 833. The Morgan fingerprint density at radius 3 is 2.32 bits per heavy atom. The molecule has 0 aliphatic heterocycles. The molecule has 0 amide bonds. The standard InChI is InChI=1S/C14H17N3.C5H6F2O/c1-9-6-12-13(7-11(9)8-15)17(10(2)16-12)14(3,4)5;6-5(7)1-4(2-5)3-8/h6-7H,1-5H3;3-4H,1-2H2. The average molecular weight is 347 g/mol. The highest BCUT2D eigenvalue weighted by atomic mass is 19.3. The van der Waals surface area contributed by atoms with Crippen molar-refractivity contribution in [3.05, 3.63) is 29.1 Å². The first-order valence-corrected chi connectivity index (χ1v) is 8.22. The van der Waals surface area contributed by atoms with Crippen LogP contribution in [0.2, 0.25) is 0 Å². The summed E-state index contributed by atoms with van der Waals surface area (Å²) in [5.74, 6) is -1.92. The molecule has 4 nitrogen and oxygen atoms in total. The van der Waals surface area contributed by atoms with E-state index in [2.05, 4.69) is 36.4 Å². The molecule has 134 valence electrons. The van der Waals surface area contributed by atoms with Crippen molar-refractivity contribution in [1.82, 2.24) is 9.55 Å². The van der Waals surface area contributed by atoms with Crippen LogP contribution in [0.15, 0.2) is 12.1 Å². The third-order valence-electron chi connectivity index (χ3n) is 4.27. The quantitative estimate of drug-likeness (QED) is 0.713. The molecule has 1 saturated carbocycles. The molecule has 0 N–H and O–H groups in total. The molecular formula is C19H23F2N3O. The minimum absolute atomic E-state index is 0.0270. The number of hydrogen-bond acceptors (Lipinski definition) is 3. The van der Waals surface area contributed by atoms with E-state index in [1.807, 2.05) is 26.0 Å². The van der Waals surface area contributed by atoms with Gasteiger partial charge in [0.05, 0.1) is 22.7 Å². The molecule has 3 rings (SSSR count). The van der Waals surface area contributed by atoms with Crippen molar-refractivity contribution >= 4 is 17.3 Å². The molecule has 1 aromatic heterocycles. The van der Waals surface area contributed by atoms with E-state index in [0.29, 0.717) is 6.29 Å². The zero-order valence-corrected chi connectivity index (χ0v) is 15.2. The van der Waals surface area contributed by atoms with Crippen LogP contribution in [-0.4, -0.2) is 21.8 Å². The molecule has 25 heavy (non-hydrogen) atoms. The second-order valence-corrected chi connectivity index (χ2v) is 7.59. The summed E-state index contributed by atoms with van der Waals surface area (Å²) in [6.45, 7) is 10.4. The number of alkyl halides is 2. The van der Waals surface area contributed by atoms with Crippen LogP contribution >= 0.6 is 0 Å². The number of aromatic nitrogens is 2. The summed E-state index contributed by atoms with van der Waals surface area (Å²) in [5.41, 5.74) is 3.69. The number of nitrogens with zero attached hydrogens (tertiary/aromatic N) is 3. The number of halogens is 2. The number of aryl methyl sites for hydroxylation is 2. The second-order valence-electron chi connectivity index (χ2n) is 7.59. The molecule has 6 heteroatoms. The van der Waals surface area contributed by atoms with Crippen molar-refractivity contribution in [2.45, 2.75) is 58.9 Å². The summed E-state index contributed by atoms with van der Waals surface area (Å²) in [4.78, 5) is 14.3. The molecule has 0 unspecified atom stereocenters. The van der Waals surface area contributed by atoms with Gasteiger partial charge in [-0.2, -0.15) is 5.26 Å². The molecule has 1 aromatic carbocycles. The van der Waals surface area contributed by atoms with Gasteiger partial charge in [-0.3, -0.25) is 0 Å². The molecule has 1 fully saturated rings. The minimum atomic E-state index is -2.54. The van der Waals surface area contributed by atoms with Gasteiger partial charge in [0.1, 0.15) is 12.1 Å². The molecule has 0 radical (unpaired) electrons. The van der Waals surface area contributed by atoms with Crippen molar-refractivity contribution in [3.8, 4) is 6.07 Å². The summed E-state index contributed by atoms with van der Waals surface area (Å²) >= 11 is 0. The van der Waals surface area contributed by atoms with Gasteiger partial charge >= 0.3 is 0 Å². The lowest BCUT2D eigenvalue weighted by atomic mass is 9.83. The van der Waals surface area contributed by atoms with Gasteiger partial charge in [0.15, 0.2) is 0 Å². The van der Waals surface area contributed by atoms with Gasteiger partial charge in [-0.15, -0.1) is 0 Å². The largest absolute Gasteiger partial charge is 0.323 e. The summed E-state index contributed by atoms with van der Waals surface area (Å²) in [7, 11) is 0. The van der Waals surface area contributed by atoms with E-state index in [0.717, 1.165) is 28.0 Å². The third-order valence-corrected chi connectivity index (χ3v) is 4.27. The molecule has 0 saturated heterocycles. The Morgan fingerprint density at radius 2 is 1.92 bits per heavy atom. The fraction of sp³-hybridized carbons (Fsp3) is 0.526. The van der Waals surface area contributed by atoms with Crippen LogP contribution in [0.1, 0.15) is 50.6 Å². The van der Waals surface area contributed by atoms with E-state index < -0.39 is 5.92 Å². The Labute approximate surface area is 146 Å². The van der Waals surface area contributed by atoms with Gasteiger partial charge in [-0.1, -0.05) is 0 Å². The maximum atomic E-state index is 11.8. The number of benzene rings is 1. The van der Waals surface area contributed by atoms with Crippen LogP contribution in [0.5, 0.6) is 0 Å². The fourth-order valence-electron chi connectivity index (χ4n) is 3.12. The molecule has 0 bridgehead atoms. The van der Waals surface area contributed by atoms with Crippen LogP contribution in [0.25, 0.3) is 11.0 Å². The number of nitriles is 1. The average Bonchev–Trinajstić information content (AvgIpc) is 2.78. The lowest BCUT2D eigenvalue weighted by molar-refractivity contribution is -0.137. The minimum Gasteiger partial charge on any atom is -0.323 e. The van der Waals surface area contributed by atoms with Crippen molar-refractivity contribution in [2.75, 3.05) is 0 Å². The van der Waals surface area contributed by atoms with E-state index >= 15 is 0 Å². The van der Waals surface area contributed by atoms with Crippen LogP contribution in [0, 0.1) is 31.1 Å². The first-order valence-electron chi connectivity index (χ1n) is 8.22. The van der Waals surface area contributed by atoms with Crippen molar-refractivity contribution in [2.24, 2.45) is 5.92 Å². The maximum absolute atomic E-state index is 11.8. The van der Waals surface area contributed by atoms with Crippen LogP contribution in [0.3, 0.4) is 0 Å². The van der Waals surface area contributed by atoms with E-state index in [-0.39, 0.29) is 24.3 Å². The van der Waals surface area contributed by atoms with E-state index in [1.54, 1.807) is 0 Å². The van der Waals surface area contributed by atoms with Gasteiger partial charge in [-0.05, 0) is 52.3 Å². The zero-order chi connectivity index (χ0) is 19.0. The van der Waals surface area contributed by atoms with Crippen molar-refractivity contribution in [3.63, 3.8) is 0 Å². The highest BCUT2D eigenvalue weighted by Crippen LogP contribution is 2.40. The molecule has 1 aliphatic rings. The van der Waals surface area contributed by atoms with Crippen LogP contribution < -0.4 is 0 Å². The third kappa shape index (κ3) is 4.04. The first kappa shape index (κ1) is 19.0. The Morgan fingerprint density at radius 1 is 1.32 bits per heavy atom. The Kier molecular flexibility index (Phi) is 4.99. The van der Waals surface area contributed by atoms with Gasteiger partial charge in [0.2, 0.25) is 5.92 Å². The van der Waals surface area contributed by atoms with Crippen molar-refractivity contribution < 1.29 is 13.6 Å². The SMILES string of the molecule is Cc1cc2nc(C)n(C(C)(C)C)c2cc1C#N.O=CC1CC(F)(F)C1. The second kappa shape index (κ2) is 6.55. The number of carbonyl (C=O) groups is 1. The Hall–Kier alpha value is -2.29. The number of carbonyl (C=O) groups excluding carboxylic acids is 1. The Balaban J connectivity index is 0.000000236. The zero-order valence-electron chi connectivity index (χ0n) is 15.2. The lowest BCUT2D eigenvalue weighted by Crippen LogP contribution is -2.35. The van der Waals surface area contributed by atoms with Gasteiger partial charge in [-0.25, -0.2) is 13.8 Å². The topological polar surface area (TPSA) is 58.7 Å².